The van der Waals surface area contributed by atoms with Gasteiger partial charge in [0.05, 0.1) is 28.4 Å². The van der Waals surface area contributed by atoms with Gasteiger partial charge in [-0.1, -0.05) is 59.9 Å². The molecule has 1 unspecified atom stereocenters. The molecular formula is C35H30N2O5S. The third kappa shape index (κ3) is 5.49. The van der Waals surface area contributed by atoms with Crippen molar-refractivity contribution in [2.75, 3.05) is 11.5 Å². The number of Topliss-reactive ketones (excluding diaryl/α,β-unsaturated/α-hetero) is 1. The highest BCUT2D eigenvalue weighted by Crippen LogP contribution is 2.45. The van der Waals surface area contributed by atoms with Gasteiger partial charge in [-0.25, -0.2) is 4.98 Å². The van der Waals surface area contributed by atoms with Crippen molar-refractivity contribution in [2.45, 2.75) is 33.4 Å². The van der Waals surface area contributed by atoms with Gasteiger partial charge in [0, 0.05) is 5.56 Å². The molecule has 0 saturated carbocycles. The molecule has 8 heteroatoms. The zero-order valence-corrected chi connectivity index (χ0v) is 24.9. The molecule has 7 nitrogen and oxygen atoms in total. The van der Waals surface area contributed by atoms with Crippen LogP contribution in [0.1, 0.15) is 40.8 Å². The van der Waals surface area contributed by atoms with Gasteiger partial charge in [0.2, 0.25) is 0 Å². The van der Waals surface area contributed by atoms with Gasteiger partial charge in [0.15, 0.2) is 5.13 Å². The molecule has 1 atom stereocenters. The molecule has 0 bridgehead atoms. The van der Waals surface area contributed by atoms with Crippen LogP contribution in [0.15, 0.2) is 96.6 Å². The van der Waals surface area contributed by atoms with Gasteiger partial charge in [0.25, 0.3) is 5.78 Å². The lowest BCUT2D eigenvalue weighted by atomic mass is 9.95. The predicted molar refractivity (Wildman–Crippen MR) is 169 cm³/mol. The molecule has 1 aliphatic rings. The molecule has 5 aromatic rings. The van der Waals surface area contributed by atoms with Crippen molar-refractivity contribution in [2.24, 2.45) is 0 Å². The molecule has 0 spiro atoms. The summed E-state index contributed by atoms with van der Waals surface area (Å²) in [5, 5.41) is 11.9. The Kier molecular flexibility index (Phi) is 7.69. The van der Waals surface area contributed by atoms with E-state index in [1.165, 1.54) is 16.2 Å². The minimum Gasteiger partial charge on any atom is -0.507 e. The quantitative estimate of drug-likeness (QED) is 0.114. The molecule has 1 saturated heterocycles. The number of carbonyl (C=O) groups is 2. The van der Waals surface area contributed by atoms with E-state index < -0.39 is 17.7 Å². The highest BCUT2D eigenvalue weighted by Gasteiger charge is 2.48. The van der Waals surface area contributed by atoms with E-state index in [4.69, 9.17) is 14.5 Å². The average molecular weight is 591 g/mol. The number of aryl methyl sites for hydroxylation is 2. The molecule has 1 N–H and O–H groups in total. The zero-order valence-electron chi connectivity index (χ0n) is 24.0. The summed E-state index contributed by atoms with van der Waals surface area (Å²) in [5.41, 5.74) is 4.94. The van der Waals surface area contributed by atoms with E-state index in [9.17, 15) is 14.7 Å². The second kappa shape index (κ2) is 11.7. The number of ether oxygens (including phenoxy) is 2. The Morgan fingerprint density at radius 3 is 2.28 bits per heavy atom. The van der Waals surface area contributed by atoms with E-state index in [1.807, 2.05) is 75.4 Å². The number of hydrogen-bond donors (Lipinski definition) is 1. The van der Waals surface area contributed by atoms with Gasteiger partial charge in [-0.2, -0.15) is 0 Å². The van der Waals surface area contributed by atoms with Crippen LogP contribution in [0.4, 0.5) is 5.13 Å². The van der Waals surface area contributed by atoms with Crippen LogP contribution in [0.2, 0.25) is 0 Å². The predicted octanol–water partition coefficient (Wildman–Crippen LogP) is 7.52. The van der Waals surface area contributed by atoms with Crippen LogP contribution in [-0.4, -0.2) is 28.4 Å². The number of aromatic nitrogens is 1. The maximum absolute atomic E-state index is 13.7. The SMILES string of the molecule is CCOc1ccc(/C(O)=C2\C(=O)C(=O)N(c3nc4c(C)cc(C)cc4s3)C2c2ccc(OCc3ccccc3)cc2)cc1. The molecule has 43 heavy (non-hydrogen) atoms. The standard InChI is InChI=1S/C35H30N2O5S/c1-4-41-26-16-12-25(13-17-26)32(38)29-31(24-10-14-27(15-11-24)42-20-23-8-6-5-7-9-23)37(34(40)33(29)39)35-36-30-22(3)18-21(2)19-28(30)43-35/h5-19,31,38H,4,20H2,1-3H3/b32-29+. The number of thiazole rings is 1. The maximum Gasteiger partial charge on any atom is 0.301 e. The summed E-state index contributed by atoms with van der Waals surface area (Å²) in [5.74, 6) is -0.487. The number of fused-ring (bicyclic) bond motifs is 1. The minimum absolute atomic E-state index is 0.000674. The van der Waals surface area contributed by atoms with E-state index in [0.717, 1.165) is 26.9 Å². The van der Waals surface area contributed by atoms with E-state index in [-0.39, 0.29) is 11.3 Å². The summed E-state index contributed by atoms with van der Waals surface area (Å²) in [6.45, 7) is 6.78. The summed E-state index contributed by atoms with van der Waals surface area (Å²) in [6.07, 6.45) is 0. The second-order valence-electron chi connectivity index (χ2n) is 10.4. The molecule has 1 aromatic heterocycles. The van der Waals surface area contributed by atoms with Crippen LogP contribution in [0.3, 0.4) is 0 Å². The van der Waals surface area contributed by atoms with E-state index in [1.54, 1.807) is 36.4 Å². The van der Waals surface area contributed by atoms with Crippen molar-refractivity contribution in [3.8, 4) is 11.5 Å². The summed E-state index contributed by atoms with van der Waals surface area (Å²) in [6, 6.07) is 27.1. The monoisotopic (exact) mass is 590 g/mol. The van der Waals surface area contributed by atoms with Crippen molar-refractivity contribution in [3.05, 3.63) is 124 Å². The minimum atomic E-state index is -0.892. The topological polar surface area (TPSA) is 89.0 Å². The first-order valence-electron chi connectivity index (χ1n) is 14.0. The molecule has 1 aliphatic heterocycles. The van der Waals surface area contributed by atoms with Gasteiger partial charge in [-0.15, -0.1) is 0 Å². The molecule has 6 rings (SSSR count). The fourth-order valence-corrected chi connectivity index (χ4v) is 6.49. The smallest absolute Gasteiger partial charge is 0.301 e. The molecule has 1 fully saturated rings. The highest BCUT2D eigenvalue weighted by molar-refractivity contribution is 7.22. The number of aliphatic hydroxyl groups excluding tert-OH is 1. The first-order chi connectivity index (χ1) is 20.8. The van der Waals surface area contributed by atoms with Crippen LogP contribution in [0.25, 0.3) is 16.0 Å². The number of aliphatic hydroxyl groups is 1. The van der Waals surface area contributed by atoms with E-state index >= 15 is 0 Å². The van der Waals surface area contributed by atoms with Crippen molar-refractivity contribution in [1.82, 2.24) is 4.98 Å². The van der Waals surface area contributed by atoms with Crippen LogP contribution in [-0.2, 0) is 16.2 Å². The van der Waals surface area contributed by atoms with Gasteiger partial charge in [0.1, 0.15) is 23.9 Å². The largest absolute Gasteiger partial charge is 0.507 e. The van der Waals surface area contributed by atoms with Crippen LogP contribution in [0, 0.1) is 13.8 Å². The summed E-state index contributed by atoms with van der Waals surface area (Å²) in [4.78, 5) is 33.5. The van der Waals surface area contributed by atoms with E-state index in [0.29, 0.717) is 41.0 Å². The Balaban J connectivity index is 1.43. The summed E-state index contributed by atoms with van der Waals surface area (Å²) in [7, 11) is 0. The molecule has 1 amide bonds. The Morgan fingerprint density at radius 1 is 0.907 bits per heavy atom. The Bertz CT molecular complexity index is 1840. The number of carbonyl (C=O) groups excluding carboxylic acids is 2. The summed E-state index contributed by atoms with van der Waals surface area (Å²) < 4.78 is 12.4. The first kappa shape index (κ1) is 28.2. The van der Waals surface area contributed by atoms with Crippen LogP contribution < -0.4 is 14.4 Å². The van der Waals surface area contributed by atoms with Gasteiger partial charge >= 0.3 is 5.91 Å². The number of nitrogens with zero attached hydrogens (tertiary/aromatic N) is 2. The first-order valence-corrected chi connectivity index (χ1v) is 14.8. The van der Waals surface area contributed by atoms with Gasteiger partial charge in [-0.3, -0.25) is 14.5 Å². The number of anilines is 1. The van der Waals surface area contributed by atoms with Gasteiger partial charge < -0.3 is 14.6 Å². The Morgan fingerprint density at radius 2 is 1.58 bits per heavy atom. The maximum atomic E-state index is 13.7. The third-order valence-electron chi connectivity index (χ3n) is 7.35. The number of amides is 1. The lowest BCUT2D eigenvalue weighted by molar-refractivity contribution is -0.132. The molecule has 2 heterocycles. The lowest BCUT2D eigenvalue weighted by Crippen LogP contribution is -2.29. The van der Waals surface area contributed by atoms with Crippen molar-refractivity contribution < 1.29 is 24.2 Å². The van der Waals surface area contributed by atoms with Gasteiger partial charge in [-0.05, 0) is 85.5 Å². The molecule has 4 aromatic carbocycles. The number of hydrogen-bond acceptors (Lipinski definition) is 7. The zero-order chi connectivity index (χ0) is 30.1. The third-order valence-corrected chi connectivity index (χ3v) is 8.35. The van der Waals surface area contributed by atoms with Crippen molar-refractivity contribution >= 4 is 44.1 Å². The number of benzene rings is 4. The van der Waals surface area contributed by atoms with Crippen molar-refractivity contribution in [1.29, 1.82) is 0 Å². The number of rotatable bonds is 8. The highest BCUT2D eigenvalue weighted by atomic mass is 32.1. The van der Waals surface area contributed by atoms with E-state index in [2.05, 4.69) is 0 Å². The van der Waals surface area contributed by atoms with Crippen LogP contribution in [0.5, 0.6) is 11.5 Å². The second-order valence-corrected chi connectivity index (χ2v) is 11.4. The Hall–Kier alpha value is -4.95. The summed E-state index contributed by atoms with van der Waals surface area (Å²) >= 11 is 1.35. The molecule has 0 radical (unpaired) electrons. The fraction of sp³-hybridized carbons (Fsp3) is 0.171. The van der Waals surface area contributed by atoms with Crippen molar-refractivity contribution in [3.63, 3.8) is 0 Å². The molecule has 216 valence electrons. The van der Waals surface area contributed by atoms with Crippen LogP contribution >= 0.6 is 11.3 Å². The Labute approximate surface area is 253 Å². The fourth-order valence-electron chi connectivity index (χ4n) is 5.33. The lowest BCUT2D eigenvalue weighted by Gasteiger charge is -2.23. The average Bonchev–Trinajstić information content (AvgIpc) is 3.55. The number of ketones is 1. The normalized spacial score (nSPS) is 16.2. The molecule has 0 aliphatic carbocycles. The molecular weight excluding hydrogens is 560 g/mol.